The van der Waals surface area contributed by atoms with Crippen LogP contribution >= 0.6 is 0 Å². The summed E-state index contributed by atoms with van der Waals surface area (Å²) in [6.07, 6.45) is 8.30. The van der Waals surface area contributed by atoms with E-state index in [2.05, 4.69) is 32.7 Å². The first-order valence-electron chi connectivity index (χ1n) is 8.49. The fraction of sp³-hybridized carbons (Fsp3) is 0.667. The van der Waals surface area contributed by atoms with Crippen LogP contribution in [-0.2, 0) is 13.1 Å². The largest absolute Gasteiger partial charge is 0.343 e. The van der Waals surface area contributed by atoms with Gasteiger partial charge in [0, 0.05) is 12.6 Å². The maximum absolute atomic E-state index is 12.3. The van der Waals surface area contributed by atoms with Crippen molar-refractivity contribution in [3.8, 4) is 0 Å². The number of amides is 1. The summed E-state index contributed by atoms with van der Waals surface area (Å²) in [5, 5.41) is 18.8. The predicted molar refractivity (Wildman–Crippen MR) is 87.0 cm³/mol. The van der Waals surface area contributed by atoms with Crippen LogP contribution in [0.1, 0.15) is 61.4 Å². The minimum atomic E-state index is -0.250. The first-order valence-corrected chi connectivity index (χ1v) is 8.49. The average molecular weight is 332 g/mol. The highest BCUT2D eigenvalue weighted by Crippen LogP contribution is 2.26. The fourth-order valence-electron chi connectivity index (χ4n) is 3.02. The number of aromatic nitrogens is 6. The second-order valence-corrected chi connectivity index (χ2v) is 6.28. The smallest absolute Gasteiger partial charge is 0.273 e. The lowest BCUT2D eigenvalue weighted by molar-refractivity contribution is 0.0944. The Labute approximate surface area is 140 Å². The molecule has 0 bridgehead atoms. The minimum Gasteiger partial charge on any atom is -0.343 e. The van der Waals surface area contributed by atoms with E-state index in [1.165, 1.54) is 0 Å². The number of hydrogen-bond acceptors (Lipinski definition) is 6. The monoisotopic (exact) mass is 332 g/mol. The highest BCUT2D eigenvalue weighted by atomic mass is 16.2. The number of nitrogens with two attached hydrogens (primary N) is 1. The van der Waals surface area contributed by atoms with Gasteiger partial charge in [0.15, 0.2) is 11.5 Å². The molecule has 0 aliphatic heterocycles. The molecule has 2 aromatic heterocycles. The fourth-order valence-corrected chi connectivity index (χ4v) is 3.02. The van der Waals surface area contributed by atoms with Crippen LogP contribution in [-0.4, -0.2) is 41.7 Å². The maximum atomic E-state index is 12.3. The zero-order valence-corrected chi connectivity index (χ0v) is 13.9. The third kappa shape index (κ3) is 3.78. The number of rotatable bonds is 6. The Hall–Kier alpha value is -2.29. The molecule has 0 radical (unpaired) electrons. The zero-order valence-electron chi connectivity index (χ0n) is 13.9. The van der Waals surface area contributed by atoms with E-state index in [1.54, 1.807) is 17.2 Å². The summed E-state index contributed by atoms with van der Waals surface area (Å²) in [6, 6.07) is 0.569. The summed E-state index contributed by atoms with van der Waals surface area (Å²) in [6.45, 7) is 3.24. The lowest BCUT2D eigenvalue weighted by Gasteiger charge is -2.25. The van der Waals surface area contributed by atoms with Crippen molar-refractivity contribution >= 4 is 5.91 Å². The van der Waals surface area contributed by atoms with E-state index in [-0.39, 0.29) is 18.0 Å². The van der Waals surface area contributed by atoms with Gasteiger partial charge in [-0.3, -0.25) is 4.79 Å². The predicted octanol–water partition coefficient (Wildman–Crippen LogP) is 0.652. The summed E-state index contributed by atoms with van der Waals surface area (Å²) < 4.78 is 3.72. The van der Waals surface area contributed by atoms with E-state index in [9.17, 15) is 4.79 Å². The van der Waals surface area contributed by atoms with Crippen molar-refractivity contribution in [1.29, 1.82) is 0 Å². The standard InChI is InChI=1S/C15H24N8O/c1-2-7-22-10-18-20-14(22)8-17-15(24)13-9-23(21-19-13)12-5-3-11(16)4-6-12/h9-12H,2-8,16H2,1H3,(H,17,24). The number of nitrogens with zero attached hydrogens (tertiary/aromatic N) is 6. The van der Waals surface area contributed by atoms with Gasteiger partial charge in [0.25, 0.3) is 5.91 Å². The van der Waals surface area contributed by atoms with Crippen molar-refractivity contribution in [2.75, 3.05) is 0 Å². The number of aryl methyl sites for hydroxylation is 1. The van der Waals surface area contributed by atoms with Gasteiger partial charge in [0.2, 0.25) is 0 Å². The Morgan fingerprint density at radius 2 is 2.12 bits per heavy atom. The van der Waals surface area contributed by atoms with Gasteiger partial charge >= 0.3 is 0 Å². The van der Waals surface area contributed by atoms with Gasteiger partial charge in [-0.15, -0.1) is 15.3 Å². The van der Waals surface area contributed by atoms with Gasteiger partial charge in [-0.05, 0) is 32.1 Å². The molecular formula is C15H24N8O. The Balaban J connectivity index is 1.56. The van der Waals surface area contributed by atoms with E-state index in [0.29, 0.717) is 12.2 Å². The minimum absolute atomic E-state index is 0.250. The Morgan fingerprint density at radius 3 is 2.88 bits per heavy atom. The van der Waals surface area contributed by atoms with E-state index in [0.717, 1.165) is 44.5 Å². The van der Waals surface area contributed by atoms with Crippen molar-refractivity contribution in [3.05, 3.63) is 24.0 Å². The zero-order chi connectivity index (χ0) is 16.9. The van der Waals surface area contributed by atoms with Crippen LogP contribution in [0.15, 0.2) is 12.5 Å². The molecule has 0 aromatic carbocycles. The first-order chi connectivity index (χ1) is 11.7. The van der Waals surface area contributed by atoms with Gasteiger partial charge in [-0.2, -0.15) is 0 Å². The lowest BCUT2D eigenvalue weighted by atomic mass is 9.92. The highest BCUT2D eigenvalue weighted by Gasteiger charge is 2.22. The maximum Gasteiger partial charge on any atom is 0.273 e. The SMILES string of the molecule is CCCn1cnnc1CNC(=O)c1cn(C2CCC(N)CC2)nn1. The topological polar surface area (TPSA) is 117 Å². The molecule has 3 N–H and O–H groups in total. The van der Waals surface area contributed by atoms with Crippen LogP contribution in [0, 0.1) is 0 Å². The molecular weight excluding hydrogens is 308 g/mol. The molecule has 0 saturated heterocycles. The normalized spacial score (nSPS) is 20.9. The molecule has 0 atom stereocenters. The Morgan fingerprint density at radius 1 is 1.33 bits per heavy atom. The quantitative estimate of drug-likeness (QED) is 0.802. The van der Waals surface area contributed by atoms with Crippen LogP contribution < -0.4 is 11.1 Å². The molecule has 1 saturated carbocycles. The lowest BCUT2D eigenvalue weighted by Crippen LogP contribution is -2.28. The molecule has 0 spiro atoms. The average Bonchev–Trinajstić information content (AvgIpc) is 3.23. The molecule has 9 nitrogen and oxygen atoms in total. The molecule has 2 aromatic rings. The van der Waals surface area contributed by atoms with E-state index >= 15 is 0 Å². The molecule has 24 heavy (non-hydrogen) atoms. The van der Waals surface area contributed by atoms with Crippen LogP contribution in [0.25, 0.3) is 0 Å². The third-order valence-electron chi connectivity index (χ3n) is 4.43. The van der Waals surface area contributed by atoms with E-state index in [1.807, 2.05) is 4.57 Å². The molecule has 0 unspecified atom stereocenters. The molecule has 9 heteroatoms. The van der Waals surface area contributed by atoms with Crippen LogP contribution in [0.3, 0.4) is 0 Å². The second kappa shape index (κ2) is 7.52. The molecule has 1 aliphatic carbocycles. The van der Waals surface area contributed by atoms with Crippen LogP contribution in [0.5, 0.6) is 0 Å². The van der Waals surface area contributed by atoms with E-state index in [4.69, 9.17) is 5.73 Å². The third-order valence-corrected chi connectivity index (χ3v) is 4.43. The molecule has 3 rings (SSSR count). The van der Waals surface area contributed by atoms with Crippen LogP contribution in [0.4, 0.5) is 0 Å². The van der Waals surface area contributed by atoms with Crippen molar-refractivity contribution in [1.82, 2.24) is 35.1 Å². The number of hydrogen-bond donors (Lipinski definition) is 2. The molecule has 1 aliphatic rings. The summed E-state index contributed by atoms with van der Waals surface area (Å²) in [5.41, 5.74) is 6.25. The Bertz CT molecular complexity index is 671. The van der Waals surface area contributed by atoms with Gasteiger partial charge in [-0.25, -0.2) is 4.68 Å². The van der Waals surface area contributed by atoms with Gasteiger partial charge in [-0.1, -0.05) is 12.1 Å². The van der Waals surface area contributed by atoms with Crippen molar-refractivity contribution in [2.24, 2.45) is 5.73 Å². The first kappa shape index (κ1) is 16.6. The van der Waals surface area contributed by atoms with Gasteiger partial charge in [0.1, 0.15) is 6.33 Å². The van der Waals surface area contributed by atoms with Crippen molar-refractivity contribution in [2.45, 2.75) is 64.2 Å². The summed E-state index contributed by atoms with van der Waals surface area (Å²) >= 11 is 0. The number of carbonyl (C=O) groups excluding carboxylic acids is 1. The van der Waals surface area contributed by atoms with Gasteiger partial charge < -0.3 is 15.6 Å². The van der Waals surface area contributed by atoms with Gasteiger partial charge in [0.05, 0.1) is 18.8 Å². The van der Waals surface area contributed by atoms with Crippen LogP contribution in [0.2, 0.25) is 0 Å². The Kier molecular flexibility index (Phi) is 5.19. The summed E-state index contributed by atoms with van der Waals surface area (Å²) in [4.78, 5) is 12.3. The highest BCUT2D eigenvalue weighted by molar-refractivity contribution is 5.91. The molecule has 2 heterocycles. The molecule has 130 valence electrons. The summed E-state index contributed by atoms with van der Waals surface area (Å²) in [5.74, 6) is 0.485. The van der Waals surface area contributed by atoms with E-state index < -0.39 is 0 Å². The second-order valence-electron chi connectivity index (χ2n) is 6.28. The van der Waals surface area contributed by atoms with Crippen molar-refractivity contribution in [3.63, 3.8) is 0 Å². The number of carbonyl (C=O) groups is 1. The molecule has 1 amide bonds. The molecule has 1 fully saturated rings. The summed E-state index contributed by atoms with van der Waals surface area (Å²) in [7, 11) is 0. The van der Waals surface area contributed by atoms with Crippen molar-refractivity contribution < 1.29 is 4.79 Å². The number of nitrogens with one attached hydrogen (secondary N) is 1.